The molecule has 0 saturated heterocycles. The molecular formula is C41H80NO8P. The van der Waals surface area contributed by atoms with Gasteiger partial charge in [-0.2, -0.15) is 0 Å². The molecule has 0 rings (SSSR count). The standard InChI is InChI=1S/C41H80NO8P/c1-6-8-10-12-14-16-18-19-20-21-22-23-24-26-27-29-31-33-40(43)47-37-39(38-49-51(45,46)48-36-35-42(3,4)5)50-41(44)34-32-30-28-25-17-15-13-11-9-7-2/h16,18,39H,6-15,17,19-38H2,1-5H3/b18-16+/t39-/m0/s1. The summed E-state index contributed by atoms with van der Waals surface area (Å²) in [6.45, 7) is 4.20. The highest BCUT2D eigenvalue weighted by Crippen LogP contribution is 2.38. The fourth-order valence-electron chi connectivity index (χ4n) is 5.71. The van der Waals surface area contributed by atoms with Crippen LogP contribution in [0.15, 0.2) is 12.2 Å². The highest BCUT2D eigenvalue weighted by molar-refractivity contribution is 7.45. The fraction of sp³-hybridized carbons (Fsp3) is 0.902. The summed E-state index contributed by atoms with van der Waals surface area (Å²) in [6.07, 6.45) is 33.8. The van der Waals surface area contributed by atoms with E-state index in [0.717, 1.165) is 38.5 Å². The second-order valence-electron chi connectivity index (χ2n) is 15.4. The minimum absolute atomic E-state index is 0.0281. The number of allylic oxidation sites excluding steroid dienone is 2. The van der Waals surface area contributed by atoms with Crippen LogP contribution in [-0.4, -0.2) is 70.0 Å². The average molecular weight is 746 g/mol. The van der Waals surface area contributed by atoms with Crippen molar-refractivity contribution in [3.05, 3.63) is 12.2 Å². The molecule has 0 heterocycles. The Morgan fingerprint density at radius 2 is 1.00 bits per heavy atom. The lowest BCUT2D eigenvalue weighted by molar-refractivity contribution is -0.870. The molecule has 1 unspecified atom stereocenters. The van der Waals surface area contributed by atoms with E-state index in [1.54, 1.807) is 0 Å². The third kappa shape index (κ3) is 38.3. The summed E-state index contributed by atoms with van der Waals surface area (Å²) < 4.78 is 33.8. The Morgan fingerprint density at radius 1 is 0.588 bits per heavy atom. The van der Waals surface area contributed by atoms with Gasteiger partial charge >= 0.3 is 11.9 Å². The van der Waals surface area contributed by atoms with Crippen LogP contribution in [-0.2, 0) is 32.7 Å². The third-order valence-corrected chi connectivity index (χ3v) is 10.00. The Morgan fingerprint density at radius 3 is 1.47 bits per heavy atom. The highest BCUT2D eigenvalue weighted by Gasteiger charge is 2.21. The summed E-state index contributed by atoms with van der Waals surface area (Å²) in [6, 6.07) is 0. The van der Waals surface area contributed by atoms with E-state index in [-0.39, 0.29) is 32.0 Å². The SMILES string of the molecule is CCCCCC/C=C/CCCCCCCCCCCC(=O)OC[C@@H](COP(=O)([O-])OCC[N+](C)(C)C)OC(=O)CCCCCCCCCCCC. The van der Waals surface area contributed by atoms with Crippen LogP contribution in [0.1, 0.15) is 187 Å². The lowest BCUT2D eigenvalue weighted by atomic mass is 10.1. The number of quaternary nitrogens is 1. The molecule has 302 valence electrons. The second kappa shape index (κ2) is 34.5. The van der Waals surface area contributed by atoms with Gasteiger partial charge in [0.15, 0.2) is 6.10 Å². The number of carbonyl (C=O) groups excluding carboxylic acids is 2. The number of nitrogens with zero attached hydrogens (tertiary/aromatic N) is 1. The molecule has 0 radical (unpaired) electrons. The molecule has 0 saturated carbocycles. The van der Waals surface area contributed by atoms with Crippen molar-refractivity contribution in [1.82, 2.24) is 0 Å². The predicted octanol–water partition coefficient (Wildman–Crippen LogP) is 10.8. The first-order valence-corrected chi connectivity index (χ1v) is 22.4. The Labute approximate surface area is 314 Å². The summed E-state index contributed by atoms with van der Waals surface area (Å²) in [5.41, 5.74) is 0. The fourth-order valence-corrected chi connectivity index (χ4v) is 6.44. The Hall–Kier alpha value is -1.25. The van der Waals surface area contributed by atoms with Gasteiger partial charge in [-0.15, -0.1) is 0 Å². The number of rotatable bonds is 38. The summed E-state index contributed by atoms with van der Waals surface area (Å²) in [4.78, 5) is 37.4. The van der Waals surface area contributed by atoms with E-state index in [9.17, 15) is 19.0 Å². The zero-order chi connectivity index (χ0) is 37.9. The van der Waals surface area contributed by atoms with Crippen molar-refractivity contribution in [1.29, 1.82) is 0 Å². The molecule has 0 aromatic carbocycles. The molecule has 0 aliphatic carbocycles. The van der Waals surface area contributed by atoms with Crippen LogP contribution in [0.5, 0.6) is 0 Å². The van der Waals surface area contributed by atoms with Crippen molar-refractivity contribution in [3.8, 4) is 0 Å². The Kier molecular flexibility index (Phi) is 33.7. The van der Waals surface area contributed by atoms with Gasteiger partial charge in [0, 0.05) is 12.8 Å². The second-order valence-corrected chi connectivity index (χ2v) is 16.8. The molecule has 9 nitrogen and oxygen atoms in total. The number of phosphoric acid groups is 1. The maximum absolute atomic E-state index is 12.6. The Bertz CT molecular complexity index is 891. The van der Waals surface area contributed by atoms with Crippen LogP contribution in [0.3, 0.4) is 0 Å². The van der Waals surface area contributed by atoms with Crippen LogP contribution in [0, 0.1) is 0 Å². The maximum atomic E-state index is 12.6. The van der Waals surface area contributed by atoms with Crippen LogP contribution >= 0.6 is 7.82 Å². The molecule has 0 amide bonds. The number of phosphoric ester groups is 1. The normalized spacial score (nSPS) is 13.8. The minimum Gasteiger partial charge on any atom is -0.756 e. The number of esters is 2. The molecule has 0 spiro atoms. The first-order valence-electron chi connectivity index (χ1n) is 20.9. The largest absolute Gasteiger partial charge is 0.756 e. The van der Waals surface area contributed by atoms with Crippen molar-refractivity contribution < 1.29 is 42.1 Å². The molecule has 0 aliphatic rings. The zero-order valence-corrected chi connectivity index (χ0v) is 34.7. The third-order valence-electron chi connectivity index (χ3n) is 9.04. The summed E-state index contributed by atoms with van der Waals surface area (Å²) in [5, 5.41) is 0. The topological polar surface area (TPSA) is 111 Å². The molecule has 0 N–H and O–H groups in total. The van der Waals surface area contributed by atoms with Crippen molar-refractivity contribution in [3.63, 3.8) is 0 Å². The van der Waals surface area contributed by atoms with E-state index in [2.05, 4.69) is 26.0 Å². The van der Waals surface area contributed by atoms with E-state index < -0.39 is 26.5 Å². The molecule has 0 fully saturated rings. The van der Waals surface area contributed by atoms with E-state index in [1.807, 2.05) is 21.1 Å². The lowest BCUT2D eigenvalue weighted by Crippen LogP contribution is -2.37. The van der Waals surface area contributed by atoms with Crippen molar-refractivity contribution >= 4 is 19.8 Å². The van der Waals surface area contributed by atoms with Gasteiger partial charge in [0.1, 0.15) is 19.8 Å². The number of unbranched alkanes of at least 4 members (excludes halogenated alkanes) is 22. The van der Waals surface area contributed by atoms with Gasteiger partial charge < -0.3 is 27.9 Å². The van der Waals surface area contributed by atoms with Crippen LogP contribution in [0.4, 0.5) is 0 Å². The smallest absolute Gasteiger partial charge is 0.306 e. The van der Waals surface area contributed by atoms with E-state index in [0.29, 0.717) is 17.4 Å². The summed E-state index contributed by atoms with van der Waals surface area (Å²) in [5.74, 6) is -0.832. The molecule has 51 heavy (non-hydrogen) atoms. The van der Waals surface area contributed by atoms with Gasteiger partial charge in [0.05, 0.1) is 27.7 Å². The van der Waals surface area contributed by atoms with Crippen LogP contribution in [0.2, 0.25) is 0 Å². The number of hydrogen-bond acceptors (Lipinski definition) is 8. The van der Waals surface area contributed by atoms with Gasteiger partial charge in [-0.3, -0.25) is 14.2 Å². The van der Waals surface area contributed by atoms with Gasteiger partial charge in [-0.1, -0.05) is 148 Å². The number of likely N-dealkylation sites (N-methyl/N-ethyl adjacent to an activating group) is 1. The quantitative estimate of drug-likeness (QED) is 0.0202. The maximum Gasteiger partial charge on any atom is 0.306 e. The highest BCUT2D eigenvalue weighted by atomic mass is 31.2. The Balaban J connectivity index is 4.31. The molecular weight excluding hydrogens is 665 g/mol. The van der Waals surface area contributed by atoms with Crippen molar-refractivity contribution in [2.75, 3.05) is 47.5 Å². The van der Waals surface area contributed by atoms with Crippen molar-refractivity contribution in [2.24, 2.45) is 0 Å². The zero-order valence-electron chi connectivity index (χ0n) is 33.8. The minimum atomic E-state index is -4.61. The van der Waals surface area contributed by atoms with E-state index in [4.69, 9.17) is 18.5 Å². The predicted molar refractivity (Wildman–Crippen MR) is 208 cm³/mol. The molecule has 0 aliphatic heterocycles. The molecule has 2 atom stereocenters. The number of ether oxygens (including phenoxy) is 2. The molecule has 0 aromatic rings. The van der Waals surface area contributed by atoms with Gasteiger partial charge in [0.25, 0.3) is 7.82 Å². The van der Waals surface area contributed by atoms with Crippen LogP contribution in [0.25, 0.3) is 0 Å². The van der Waals surface area contributed by atoms with E-state index in [1.165, 1.54) is 116 Å². The number of carbonyl (C=O) groups is 2. The first-order chi connectivity index (χ1) is 24.5. The molecule has 10 heteroatoms. The first kappa shape index (κ1) is 49.8. The summed E-state index contributed by atoms with van der Waals surface area (Å²) in [7, 11) is 1.17. The lowest BCUT2D eigenvalue weighted by Gasteiger charge is -2.28. The van der Waals surface area contributed by atoms with Gasteiger partial charge in [-0.25, -0.2) is 0 Å². The summed E-state index contributed by atoms with van der Waals surface area (Å²) >= 11 is 0. The molecule has 0 bridgehead atoms. The monoisotopic (exact) mass is 746 g/mol. The average Bonchev–Trinajstić information content (AvgIpc) is 3.07. The van der Waals surface area contributed by atoms with Crippen LogP contribution < -0.4 is 4.89 Å². The number of hydrogen-bond donors (Lipinski definition) is 0. The van der Waals surface area contributed by atoms with E-state index >= 15 is 0 Å². The van der Waals surface area contributed by atoms with Gasteiger partial charge in [-0.05, 0) is 38.5 Å². The van der Waals surface area contributed by atoms with Crippen molar-refractivity contribution in [2.45, 2.75) is 193 Å². The van der Waals surface area contributed by atoms with Gasteiger partial charge in [0.2, 0.25) is 0 Å². The molecule has 0 aromatic heterocycles.